The molecule has 1 fully saturated rings. The molecule has 3 rings (SSSR count). The van der Waals surface area contributed by atoms with Crippen LogP contribution in [0.3, 0.4) is 0 Å². The van der Waals surface area contributed by atoms with Crippen LogP contribution in [-0.2, 0) is 19.7 Å². The molecule has 2 heterocycles. The molecule has 0 radical (unpaired) electrons. The number of benzene rings is 1. The predicted molar refractivity (Wildman–Crippen MR) is 93.2 cm³/mol. The minimum Gasteiger partial charge on any atom is -0.382 e. The second-order valence-corrected chi connectivity index (χ2v) is 8.71. The highest BCUT2D eigenvalue weighted by Gasteiger charge is 2.30. The van der Waals surface area contributed by atoms with Crippen LogP contribution in [-0.4, -0.2) is 55.8 Å². The van der Waals surface area contributed by atoms with Gasteiger partial charge in [0.1, 0.15) is 0 Å². The van der Waals surface area contributed by atoms with Gasteiger partial charge in [-0.2, -0.15) is 0 Å². The summed E-state index contributed by atoms with van der Waals surface area (Å²) in [6.45, 7) is 1.08. The third kappa shape index (κ3) is 3.96. The van der Waals surface area contributed by atoms with Crippen molar-refractivity contribution in [3.8, 4) is 0 Å². The van der Waals surface area contributed by atoms with Crippen LogP contribution in [0.15, 0.2) is 33.9 Å². The van der Waals surface area contributed by atoms with Crippen LogP contribution >= 0.6 is 15.9 Å². The smallest absolute Gasteiger partial charge is 0.264 e. The minimum atomic E-state index is -3.13. The third-order valence-corrected chi connectivity index (χ3v) is 6.43. The predicted octanol–water partition coefficient (Wildman–Crippen LogP) is 1.09. The van der Waals surface area contributed by atoms with E-state index < -0.39 is 16.1 Å². The minimum absolute atomic E-state index is 0.191. The van der Waals surface area contributed by atoms with Crippen molar-refractivity contribution in [3.63, 3.8) is 0 Å². The normalized spacial score (nSPS) is 22.9. The molecule has 2 aliphatic heterocycles. The molecule has 130 valence electrons. The summed E-state index contributed by atoms with van der Waals surface area (Å²) < 4.78 is 25.7. The average molecular weight is 416 g/mol. The standard InChI is InChI=1S/C15H18BrN3O4S/c16-12-4-1-3-11(9-12)13-10-14(23-18-13)15(20)17-5-7-19-6-2-8-24(19,21)22/h1,3-4,9,14H,2,5-8,10H2,(H,17,20). The fourth-order valence-corrected chi connectivity index (χ4v) is 4.64. The lowest BCUT2D eigenvalue weighted by Crippen LogP contribution is -2.40. The number of halogens is 1. The van der Waals surface area contributed by atoms with E-state index in [4.69, 9.17) is 4.84 Å². The van der Waals surface area contributed by atoms with Crippen molar-refractivity contribution in [3.05, 3.63) is 34.3 Å². The molecule has 7 nitrogen and oxygen atoms in total. The van der Waals surface area contributed by atoms with Gasteiger partial charge in [-0.05, 0) is 18.6 Å². The van der Waals surface area contributed by atoms with Gasteiger partial charge in [0.05, 0.1) is 11.5 Å². The Hall–Kier alpha value is -1.45. The Bertz CT molecular complexity index is 766. The van der Waals surface area contributed by atoms with Crippen LogP contribution < -0.4 is 5.32 Å². The highest BCUT2D eigenvalue weighted by molar-refractivity contribution is 9.10. The van der Waals surface area contributed by atoms with Gasteiger partial charge in [0, 0.05) is 36.1 Å². The summed E-state index contributed by atoms with van der Waals surface area (Å²) in [4.78, 5) is 17.4. The summed E-state index contributed by atoms with van der Waals surface area (Å²) in [5, 5.41) is 6.71. The fourth-order valence-electron chi connectivity index (χ4n) is 2.72. The number of rotatable bonds is 5. The van der Waals surface area contributed by atoms with Crippen molar-refractivity contribution in [2.24, 2.45) is 5.16 Å². The molecule has 1 N–H and O–H groups in total. The molecule has 0 aromatic heterocycles. The maximum atomic E-state index is 12.1. The summed E-state index contributed by atoms with van der Waals surface area (Å²) in [5.74, 6) is -0.0865. The average Bonchev–Trinajstić information content (AvgIpc) is 3.14. The molecule has 0 aliphatic carbocycles. The number of sulfonamides is 1. The Kier molecular flexibility index (Phi) is 5.21. The number of hydrogen-bond acceptors (Lipinski definition) is 5. The Morgan fingerprint density at radius 2 is 2.29 bits per heavy atom. The van der Waals surface area contributed by atoms with Gasteiger partial charge < -0.3 is 10.2 Å². The zero-order valence-electron chi connectivity index (χ0n) is 12.9. The van der Waals surface area contributed by atoms with E-state index in [1.165, 1.54) is 4.31 Å². The summed E-state index contributed by atoms with van der Waals surface area (Å²) in [7, 11) is -3.13. The van der Waals surface area contributed by atoms with Crippen molar-refractivity contribution in [2.75, 3.05) is 25.4 Å². The first kappa shape index (κ1) is 17.4. The first-order valence-corrected chi connectivity index (χ1v) is 10.1. The summed E-state index contributed by atoms with van der Waals surface area (Å²) >= 11 is 3.40. The van der Waals surface area contributed by atoms with Crippen LogP contribution in [0.5, 0.6) is 0 Å². The number of nitrogens with zero attached hydrogens (tertiary/aromatic N) is 2. The van der Waals surface area contributed by atoms with Crippen LogP contribution in [0.4, 0.5) is 0 Å². The molecule has 1 amide bonds. The van der Waals surface area contributed by atoms with Gasteiger partial charge in [-0.3, -0.25) is 4.79 Å². The van der Waals surface area contributed by atoms with E-state index in [1.54, 1.807) is 0 Å². The summed E-state index contributed by atoms with van der Waals surface area (Å²) in [6, 6.07) is 7.63. The van der Waals surface area contributed by atoms with Crippen LogP contribution in [0.1, 0.15) is 18.4 Å². The molecule has 1 aromatic rings. The SMILES string of the molecule is O=C(NCCN1CCCS1(=O)=O)C1CC(c2cccc(Br)c2)=NO1. The van der Waals surface area contributed by atoms with E-state index >= 15 is 0 Å². The molecule has 1 aromatic carbocycles. The molecule has 0 spiro atoms. The van der Waals surface area contributed by atoms with Crippen LogP contribution in [0, 0.1) is 0 Å². The molecule has 1 unspecified atom stereocenters. The Labute approximate surface area is 149 Å². The molecule has 24 heavy (non-hydrogen) atoms. The van der Waals surface area contributed by atoms with E-state index in [0.29, 0.717) is 25.9 Å². The highest BCUT2D eigenvalue weighted by atomic mass is 79.9. The molecular formula is C15H18BrN3O4S. The molecule has 9 heteroatoms. The first-order valence-electron chi connectivity index (χ1n) is 7.70. The number of carbonyl (C=O) groups is 1. The monoisotopic (exact) mass is 415 g/mol. The molecule has 0 saturated carbocycles. The zero-order valence-corrected chi connectivity index (χ0v) is 15.3. The fraction of sp³-hybridized carbons (Fsp3) is 0.467. The van der Waals surface area contributed by atoms with E-state index in [-0.39, 0.29) is 18.2 Å². The van der Waals surface area contributed by atoms with Gasteiger partial charge in [-0.15, -0.1) is 0 Å². The van der Waals surface area contributed by atoms with Gasteiger partial charge in [0.25, 0.3) is 5.91 Å². The Morgan fingerprint density at radius 3 is 3.00 bits per heavy atom. The highest BCUT2D eigenvalue weighted by Crippen LogP contribution is 2.20. The largest absolute Gasteiger partial charge is 0.382 e. The zero-order chi connectivity index (χ0) is 17.2. The second kappa shape index (κ2) is 7.20. The number of nitrogens with one attached hydrogen (secondary N) is 1. The molecule has 2 aliphatic rings. The van der Waals surface area contributed by atoms with Crippen molar-refractivity contribution >= 4 is 37.6 Å². The molecular weight excluding hydrogens is 398 g/mol. The maximum Gasteiger partial charge on any atom is 0.264 e. The number of oxime groups is 1. The Balaban J connectivity index is 1.47. The van der Waals surface area contributed by atoms with Gasteiger partial charge in [0.2, 0.25) is 16.1 Å². The molecule has 0 bridgehead atoms. The summed E-state index contributed by atoms with van der Waals surface area (Å²) in [6.07, 6.45) is 0.366. The molecule has 1 saturated heterocycles. The number of hydrogen-bond donors (Lipinski definition) is 1. The maximum absolute atomic E-state index is 12.1. The first-order chi connectivity index (χ1) is 11.5. The number of carbonyl (C=O) groups excluding carboxylic acids is 1. The van der Waals surface area contributed by atoms with Gasteiger partial charge in [-0.1, -0.05) is 33.2 Å². The lowest BCUT2D eigenvalue weighted by molar-refractivity contribution is -0.131. The van der Waals surface area contributed by atoms with E-state index in [9.17, 15) is 13.2 Å². The van der Waals surface area contributed by atoms with E-state index in [0.717, 1.165) is 15.7 Å². The van der Waals surface area contributed by atoms with Crippen molar-refractivity contribution < 1.29 is 18.0 Å². The summed E-state index contributed by atoms with van der Waals surface area (Å²) in [5.41, 5.74) is 1.63. The van der Waals surface area contributed by atoms with Gasteiger partial charge in [-0.25, -0.2) is 12.7 Å². The van der Waals surface area contributed by atoms with Gasteiger partial charge in [0.15, 0.2) is 0 Å². The van der Waals surface area contributed by atoms with Crippen LogP contribution in [0.25, 0.3) is 0 Å². The quantitative estimate of drug-likeness (QED) is 0.779. The van der Waals surface area contributed by atoms with Crippen molar-refractivity contribution in [2.45, 2.75) is 18.9 Å². The number of amides is 1. The van der Waals surface area contributed by atoms with Gasteiger partial charge >= 0.3 is 0 Å². The Morgan fingerprint density at radius 1 is 1.46 bits per heavy atom. The van der Waals surface area contributed by atoms with E-state index in [1.807, 2.05) is 24.3 Å². The lowest BCUT2D eigenvalue weighted by atomic mass is 10.0. The topological polar surface area (TPSA) is 88.1 Å². The van der Waals surface area contributed by atoms with Crippen LogP contribution in [0.2, 0.25) is 0 Å². The lowest BCUT2D eigenvalue weighted by Gasteiger charge is -2.15. The molecule has 1 atom stereocenters. The van der Waals surface area contributed by atoms with E-state index in [2.05, 4.69) is 26.4 Å². The van der Waals surface area contributed by atoms with Crippen molar-refractivity contribution in [1.29, 1.82) is 0 Å². The second-order valence-electron chi connectivity index (χ2n) is 5.71. The third-order valence-electron chi connectivity index (χ3n) is 3.98. The van der Waals surface area contributed by atoms with Crippen molar-refractivity contribution in [1.82, 2.24) is 9.62 Å².